The van der Waals surface area contributed by atoms with Crippen molar-refractivity contribution < 1.29 is 13.2 Å². The highest BCUT2D eigenvalue weighted by Gasteiger charge is 2.21. The number of rotatable bonds is 7. The zero-order valence-corrected chi connectivity index (χ0v) is 14.8. The van der Waals surface area contributed by atoms with E-state index in [2.05, 4.69) is 19.2 Å². The summed E-state index contributed by atoms with van der Waals surface area (Å²) >= 11 is 0. The lowest BCUT2D eigenvalue weighted by Gasteiger charge is -2.23. The van der Waals surface area contributed by atoms with E-state index in [1.165, 1.54) is 0 Å². The van der Waals surface area contributed by atoms with Crippen molar-refractivity contribution in [3.8, 4) is 0 Å². The van der Waals surface area contributed by atoms with Crippen molar-refractivity contribution in [2.75, 3.05) is 17.1 Å². The van der Waals surface area contributed by atoms with Gasteiger partial charge >= 0.3 is 0 Å². The smallest absolute Gasteiger partial charge is 0.240 e. The molecular formula is C16H26N2O3S. The average Bonchev–Trinajstić information content (AvgIpc) is 2.43. The van der Waals surface area contributed by atoms with E-state index in [4.69, 9.17) is 0 Å². The van der Waals surface area contributed by atoms with Crippen LogP contribution in [0, 0.1) is 0 Å². The Labute approximate surface area is 133 Å². The van der Waals surface area contributed by atoms with E-state index in [0.29, 0.717) is 11.6 Å². The molecule has 0 bridgehead atoms. The molecule has 0 radical (unpaired) electrons. The predicted molar refractivity (Wildman–Crippen MR) is 90.6 cm³/mol. The van der Waals surface area contributed by atoms with Crippen molar-refractivity contribution in [1.82, 2.24) is 5.32 Å². The lowest BCUT2D eigenvalue weighted by molar-refractivity contribution is -0.120. The molecule has 1 N–H and O–H groups in total. The quantitative estimate of drug-likeness (QED) is 0.837. The highest BCUT2D eigenvalue weighted by Crippen LogP contribution is 2.21. The van der Waals surface area contributed by atoms with Crippen molar-refractivity contribution in [3.05, 3.63) is 29.8 Å². The third-order valence-corrected chi connectivity index (χ3v) is 4.70. The first-order chi connectivity index (χ1) is 10.1. The largest absolute Gasteiger partial charge is 0.352 e. The molecule has 1 rings (SSSR count). The Balaban J connectivity index is 2.97. The normalized spacial score (nSPS) is 13.0. The van der Waals surface area contributed by atoms with Crippen molar-refractivity contribution in [3.63, 3.8) is 0 Å². The van der Waals surface area contributed by atoms with Crippen LogP contribution in [0.5, 0.6) is 0 Å². The summed E-state index contributed by atoms with van der Waals surface area (Å²) in [5, 5.41) is 2.79. The van der Waals surface area contributed by atoms with Gasteiger partial charge in [-0.25, -0.2) is 8.42 Å². The van der Waals surface area contributed by atoms with E-state index in [9.17, 15) is 13.2 Å². The molecule has 0 saturated carbocycles. The Morgan fingerprint density at radius 1 is 1.18 bits per heavy atom. The van der Waals surface area contributed by atoms with Crippen LogP contribution >= 0.6 is 0 Å². The monoisotopic (exact) mass is 326 g/mol. The van der Waals surface area contributed by atoms with E-state index in [1.54, 1.807) is 12.1 Å². The van der Waals surface area contributed by atoms with Crippen molar-refractivity contribution in [2.45, 2.75) is 46.1 Å². The molecule has 1 aromatic rings. The number of nitrogens with zero attached hydrogens (tertiary/aromatic N) is 1. The fraction of sp³-hybridized carbons (Fsp3) is 0.562. The summed E-state index contributed by atoms with van der Waals surface area (Å²) in [6, 6.07) is 7.30. The number of benzene rings is 1. The van der Waals surface area contributed by atoms with E-state index < -0.39 is 10.0 Å². The van der Waals surface area contributed by atoms with Crippen molar-refractivity contribution >= 4 is 21.6 Å². The SMILES string of the molecule is CC[C@@H](C)NC(=O)CN(c1ccc(C(C)C)cc1)S(C)(=O)=O. The number of sulfonamides is 1. The number of amides is 1. The maximum atomic E-state index is 12.0. The summed E-state index contributed by atoms with van der Waals surface area (Å²) in [7, 11) is -3.52. The molecular weight excluding hydrogens is 300 g/mol. The molecule has 5 nitrogen and oxygen atoms in total. The number of nitrogens with one attached hydrogen (secondary N) is 1. The van der Waals surface area contributed by atoms with Crippen LogP contribution in [-0.2, 0) is 14.8 Å². The van der Waals surface area contributed by atoms with Gasteiger partial charge in [0.15, 0.2) is 0 Å². The molecule has 0 aliphatic heterocycles. The summed E-state index contributed by atoms with van der Waals surface area (Å²) in [6.07, 6.45) is 1.91. The van der Waals surface area contributed by atoms with Gasteiger partial charge in [0.1, 0.15) is 6.54 Å². The first kappa shape index (κ1) is 18.5. The zero-order valence-electron chi connectivity index (χ0n) is 14.0. The number of carbonyl (C=O) groups is 1. The molecule has 0 aliphatic rings. The highest BCUT2D eigenvalue weighted by molar-refractivity contribution is 7.92. The van der Waals surface area contributed by atoms with E-state index >= 15 is 0 Å². The molecule has 0 unspecified atom stereocenters. The molecule has 0 fully saturated rings. The van der Waals surface area contributed by atoms with Gasteiger partial charge in [0, 0.05) is 6.04 Å². The minimum absolute atomic E-state index is 0.0252. The van der Waals surface area contributed by atoms with Crippen LogP contribution in [0.2, 0.25) is 0 Å². The van der Waals surface area contributed by atoms with Gasteiger partial charge in [-0.05, 0) is 37.0 Å². The summed E-state index contributed by atoms with van der Waals surface area (Å²) in [5.74, 6) is 0.0714. The first-order valence-electron chi connectivity index (χ1n) is 7.52. The van der Waals surface area contributed by atoms with Gasteiger partial charge in [-0.15, -0.1) is 0 Å². The van der Waals surface area contributed by atoms with Crippen LogP contribution in [0.3, 0.4) is 0 Å². The van der Waals surface area contributed by atoms with Crippen LogP contribution in [0.4, 0.5) is 5.69 Å². The van der Waals surface area contributed by atoms with Crippen LogP contribution in [0.1, 0.15) is 45.6 Å². The fourth-order valence-corrected chi connectivity index (χ4v) is 2.83. The van der Waals surface area contributed by atoms with Gasteiger partial charge < -0.3 is 5.32 Å². The lowest BCUT2D eigenvalue weighted by atomic mass is 10.0. The minimum atomic E-state index is -3.52. The Hall–Kier alpha value is -1.56. The van der Waals surface area contributed by atoms with Crippen LogP contribution in [0.25, 0.3) is 0 Å². The van der Waals surface area contributed by atoms with Crippen LogP contribution in [0.15, 0.2) is 24.3 Å². The average molecular weight is 326 g/mol. The van der Waals surface area contributed by atoms with Crippen LogP contribution < -0.4 is 9.62 Å². The van der Waals surface area contributed by atoms with Crippen molar-refractivity contribution in [1.29, 1.82) is 0 Å². The molecule has 1 aromatic carbocycles. The maximum Gasteiger partial charge on any atom is 0.240 e. The molecule has 6 heteroatoms. The molecule has 1 amide bonds. The third kappa shape index (κ3) is 5.33. The minimum Gasteiger partial charge on any atom is -0.352 e. The van der Waals surface area contributed by atoms with Gasteiger partial charge in [0.2, 0.25) is 15.9 Å². The molecule has 0 spiro atoms. The second-order valence-electron chi connectivity index (χ2n) is 5.89. The van der Waals surface area contributed by atoms with Crippen molar-refractivity contribution in [2.24, 2.45) is 0 Å². The summed E-state index contributed by atoms with van der Waals surface area (Å²) < 4.78 is 25.1. The Morgan fingerprint density at radius 2 is 1.73 bits per heavy atom. The van der Waals surface area contributed by atoms with Gasteiger partial charge in [-0.1, -0.05) is 32.9 Å². The topological polar surface area (TPSA) is 66.5 Å². The van der Waals surface area contributed by atoms with E-state index in [0.717, 1.165) is 22.5 Å². The molecule has 22 heavy (non-hydrogen) atoms. The van der Waals surface area contributed by atoms with Gasteiger partial charge in [-0.2, -0.15) is 0 Å². The van der Waals surface area contributed by atoms with Gasteiger partial charge in [0.05, 0.1) is 11.9 Å². The summed E-state index contributed by atoms with van der Waals surface area (Å²) in [5.41, 5.74) is 1.63. The molecule has 124 valence electrons. The molecule has 1 atom stereocenters. The second kappa shape index (κ2) is 7.63. The maximum absolute atomic E-state index is 12.0. The molecule has 0 aliphatic carbocycles. The number of hydrogen-bond acceptors (Lipinski definition) is 3. The second-order valence-corrected chi connectivity index (χ2v) is 7.80. The zero-order chi connectivity index (χ0) is 16.9. The first-order valence-corrected chi connectivity index (χ1v) is 9.37. The summed E-state index contributed by atoms with van der Waals surface area (Å²) in [4.78, 5) is 12.0. The predicted octanol–water partition coefficient (Wildman–Crippen LogP) is 2.49. The number of hydrogen-bond donors (Lipinski definition) is 1. The Bertz CT molecular complexity index is 594. The highest BCUT2D eigenvalue weighted by atomic mass is 32.2. The third-order valence-electron chi connectivity index (χ3n) is 3.56. The molecule has 0 heterocycles. The Kier molecular flexibility index (Phi) is 6.41. The number of anilines is 1. The summed E-state index contributed by atoms with van der Waals surface area (Å²) in [6.45, 7) is 7.79. The van der Waals surface area contributed by atoms with Gasteiger partial charge in [-0.3, -0.25) is 9.10 Å². The van der Waals surface area contributed by atoms with E-state index in [-0.39, 0.29) is 18.5 Å². The number of carbonyl (C=O) groups excluding carboxylic acids is 1. The molecule has 0 saturated heterocycles. The van der Waals surface area contributed by atoms with Crippen LogP contribution in [-0.4, -0.2) is 33.2 Å². The fourth-order valence-electron chi connectivity index (χ4n) is 1.98. The standard InChI is InChI=1S/C16H26N2O3S/c1-6-13(4)17-16(19)11-18(22(5,20)21)15-9-7-14(8-10-15)12(2)3/h7-10,12-13H,6,11H2,1-5H3,(H,17,19)/t13-/m1/s1. The molecule has 0 aromatic heterocycles. The van der Waals surface area contributed by atoms with E-state index in [1.807, 2.05) is 26.0 Å². The van der Waals surface area contributed by atoms with Gasteiger partial charge in [0.25, 0.3) is 0 Å². The lowest BCUT2D eigenvalue weighted by Crippen LogP contribution is -2.43. The Morgan fingerprint density at radius 3 is 2.14 bits per heavy atom.